The van der Waals surface area contributed by atoms with Gasteiger partial charge in [-0.2, -0.15) is 0 Å². The van der Waals surface area contributed by atoms with Crippen LogP contribution in [0.4, 0.5) is 5.69 Å². The molecule has 1 aromatic rings. The minimum Gasteiger partial charge on any atom is -0.490 e. The number of hydrogen-bond acceptors (Lipinski definition) is 3. The first-order valence-electron chi connectivity index (χ1n) is 5.52. The summed E-state index contributed by atoms with van der Waals surface area (Å²) in [4.78, 5) is 0. The molecule has 0 saturated carbocycles. The van der Waals surface area contributed by atoms with Gasteiger partial charge in [-0.3, -0.25) is 0 Å². The lowest BCUT2D eigenvalue weighted by Gasteiger charge is -2.09. The van der Waals surface area contributed by atoms with Crippen molar-refractivity contribution in [3.05, 3.63) is 17.7 Å². The van der Waals surface area contributed by atoms with Crippen molar-refractivity contribution in [3.8, 4) is 11.5 Å². The van der Waals surface area contributed by atoms with Gasteiger partial charge in [0.05, 0.1) is 13.2 Å². The Morgan fingerprint density at radius 3 is 2.73 bits per heavy atom. The normalized spacial score (nSPS) is 22.9. The molecule has 2 aliphatic rings. The Labute approximate surface area is 89.4 Å². The minimum absolute atomic E-state index is 0.519. The van der Waals surface area contributed by atoms with Crippen molar-refractivity contribution in [2.75, 3.05) is 18.5 Å². The zero-order valence-electron chi connectivity index (χ0n) is 8.88. The van der Waals surface area contributed by atoms with Crippen molar-refractivity contribution in [3.63, 3.8) is 0 Å². The van der Waals surface area contributed by atoms with Crippen LogP contribution in [0.2, 0.25) is 0 Å². The molecule has 0 saturated heterocycles. The number of fused-ring (bicyclic) bond motifs is 2. The molecule has 15 heavy (non-hydrogen) atoms. The summed E-state index contributed by atoms with van der Waals surface area (Å²) < 4.78 is 11.3. The molecule has 0 amide bonds. The van der Waals surface area contributed by atoms with Crippen LogP contribution >= 0.6 is 0 Å². The third-order valence-corrected chi connectivity index (χ3v) is 2.90. The van der Waals surface area contributed by atoms with Crippen LogP contribution in [0.1, 0.15) is 18.9 Å². The highest BCUT2D eigenvalue weighted by Crippen LogP contribution is 2.38. The monoisotopic (exact) mass is 205 g/mol. The Bertz CT molecular complexity index is 354. The van der Waals surface area contributed by atoms with E-state index in [2.05, 4.69) is 24.4 Å². The Morgan fingerprint density at radius 2 is 1.93 bits per heavy atom. The van der Waals surface area contributed by atoms with Crippen molar-refractivity contribution in [2.45, 2.75) is 25.8 Å². The standard InChI is InChI=1S/C12H15NO2/c1-8-5-9-6-11-12(7-10(9)13-8)15-4-2-3-14-11/h6-8,13H,2-5H2,1H3. The van der Waals surface area contributed by atoms with Gasteiger partial charge in [-0.25, -0.2) is 0 Å². The minimum atomic E-state index is 0.519. The number of ether oxygens (including phenoxy) is 2. The van der Waals surface area contributed by atoms with Gasteiger partial charge in [-0.05, 0) is 25.0 Å². The third-order valence-electron chi connectivity index (χ3n) is 2.90. The third kappa shape index (κ3) is 1.52. The lowest BCUT2D eigenvalue weighted by atomic mass is 10.1. The molecule has 1 atom stereocenters. The van der Waals surface area contributed by atoms with E-state index in [4.69, 9.17) is 9.47 Å². The second-order valence-electron chi connectivity index (χ2n) is 4.26. The van der Waals surface area contributed by atoms with Gasteiger partial charge in [0.1, 0.15) is 0 Å². The first-order chi connectivity index (χ1) is 7.33. The number of hydrogen-bond donors (Lipinski definition) is 1. The Balaban J connectivity index is 2.02. The fourth-order valence-electron chi connectivity index (χ4n) is 2.20. The van der Waals surface area contributed by atoms with E-state index < -0.39 is 0 Å². The van der Waals surface area contributed by atoms with Crippen molar-refractivity contribution in [2.24, 2.45) is 0 Å². The topological polar surface area (TPSA) is 30.5 Å². The Kier molecular flexibility index (Phi) is 1.97. The maximum Gasteiger partial charge on any atom is 0.163 e. The number of nitrogens with one attached hydrogen (secondary N) is 1. The lowest BCUT2D eigenvalue weighted by Crippen LogP contribution is -2.08. The van der Waals surface area contributed by atoms with Gasteiger partial charge in [0.2, 0.25) is 0 Å². The fourth-order valence-corrected chi connectivity index (χ4v) is 2.20. The molecule has 2 heterocycles. The molecule has 0 bridgehead atoms. The maximum absolute atomic E-state index is 5.66. The van der Waals surface area contributed by atoms with E-state index in [1.165, 1.54) is 11.3 Å². The lowest BCUT2D eigenvalue weighted by molar-refractivity contribution is 0.297. The summed E-state index contributed by atoms with van der Waals surface area (Å²) in [5.41, 5.74) is 2.54. The maximum atomic E-state index is 5.66. The van der Waals surface area contributed by atoms with Crippen LogP contribution in [0.25, 0.3) is 0 Å². The Morgan fingerprint density at radius 1 is 1.20 bits per heavy atom. The molecule has 0 fully saturated rings. The van der Waals surface area contributed by atoms with Crippen molar-refractivity contribution >= 4 is 5.69 Å². The molecule has 3 heteroatoms. The summed E-state index contributed by atoms with van der Waals surface area (Å²) in [5.74, 6) is 1.79. The van der Waals surface area contributed by atoms with E-state index in [1.807, 2.05) is 0 Å². The van der Waals surface area contributed by atoms with Crippen LogP contribution in [0.15, 0.2) is 12.1 Å². The van der Waals surface area contributed by atoms with E-state index in [0.29, 0.717) is 6.04 Å². The van der Waals surface area contributed by atoms with Crippen molar-refractivity contribution in [1.29, 1.82) is 0 Å². The van der Waals surface area contributed by atoms with Gasteiger partial charge < -0.3 is 14.8 Å². The van der Waals surface area contributed by atoms with Gasteiger partial charge in [0.25, 0.3) is 0 Å². The molecule has 0 aliphatic carbocycles. The summed E-state index contributed by atoms with van der Waals surface area (Å²) in [6.07, 6.45) is 2.04. The zero-order chi connectivity index (χ0) is 10.3. The second kappa shape index (κ2) is 3.33. The van der Waals surface area contributed by atoms with Crippen LogP contribution in [0, 0.1) is 0 Å². The molecule has 2 aliphatic heterocycles. The molecule has 1 unspecified atom stereocenters. The first kappa shape index (κ1) is 8.89. The van der Waals surface area contributed by atoms with E-state index in [9.17, 15) is 0 Å². The molecular formula is C12H15NO2. The van der Waals surface area contributed by atoms with Crippen molar-refractivity contribution < 1.29 is 9.47 Å². The smallest absolute Gasteiger partial charge is 0.163 e. The predicted molar refractivity (Wildman–Crippen MR) is 58.8 cm³/mol. The molecule has 1 aromatic carbocycles. The molecule has 80 valence electrons. The quantitative estimate of drug-likeness (QED) is 0.704. The molecule has 0 spiro atoms. The largest absolute Gasteiger partial charge is 0.490 e. The second-order valence-corrected chi connectivity index (χ2v) is 4.26. The van der Waals surface area contributed by atoms with Gasteiger partial charge in [0.15, 0.2) is 11.5 Å². The highest BCUT2D eigenvalue weighted by Gasteiger charge is 2.21. The van der Waals surface area contributed by atoms with Gasteiger partial charge in [-0.1, -0.05) is 0 Å². The Hall–Kier alpha value is -1.38. The number of benzene rings is 1. The van der Waals surface area contributed by atoms with E-state index >= 15 is 0 Å². The number of anilines is 1. The van der Waals surface area contributed by atoms with Gasteiger partial charge in [-0.15, -0.1) is 0 Å². The van der Waals surface area contributed by atoms with Gasteiger partial charge >= 0.3 is 0 Å². The zero-order valence-corrected chi connectivity index (χ0v) is 8.88. The van der Waals surface area contributed by atoms with Crippen LogP contribution < -0.4 is 14.8 Å². The van der Waals surface area contributed by atoms with Crippen LogP contribution in [-0.2, 0) is 6.42 Å². The summed E-state index contributed by atoms with van der Waals surface area (Å²) in [5, 5.41) is 3.43. The van der Waals surface area contributed by atoms with Crippen LogP contribution in [0.3, 0.4) is 0 Å². The number of rotatable bonds is 0. The summed E-state index contributed by atoms with van der Waals surface area (Å²) in [6.45, 7) is 3.70. The average molecular weight is 205 g/mol. The summed E-state index contributed by atoms with van der Waals surface area (Å²) in [7, 11) is 0. The van der Waals surface area contributed by atoms with Gasteiger partial charge in [0, 0.05) is 24.2 Å². The fraction of sp³-hybridized carbons (Fsp3) is 0.500. The van der Waals surface area contributed by atoms with E-state index in [-0.39, 0.29) is 0 Å². The average Bonchev–Trinajstić information content (AvgIpc) is 2.44. The SMILES string of the molecule is CC1Cc2cc3c(cc2N1)OCCCO3. The summed E-state index contributed by atoms with van der Waals surface area (Å²) in [6, 6.07) is 4.71. The van der Waals surface area contributed by atoms with Crippen LogP contribution in [0.5, 0.6) is 11.5 Å². The predicted octanol–water partition coefficient (Wildman–Crippen LogP) is 2.20. The molecule has 3 nitrogen and oxygen atoms in total. The highest BCUT2D eigenvalue weighted by molar-refractivity contribution is 5.64. The molecule has 0 radical (unpaired) electrons. The molecule has 3 rings (SSSR count). The van der Waals surface area contributed by atoms with Crippen molar-refractivity contribution in [1.82, 2.24) is 0 Å². The van der Waals surface area contributed by atoms with Crippen LogP contribution in [-0.4, -0.2) is 19.3 Å². The highest BCUT2D eigenvalue weighted by atomic mass is 16.5. The molecular weight excluding hydrogens is 190 g/mol. The first-order valence-corrected chi connectivity index (χ1v) is 5.52. The molecule has 1 N–H and O–H groups in total. The summed E-state index contributed by atoms with van der Waals surface area (Å²) >= 11 is 0. The van der Waals surface area contributed by atoms with E-state index in [0.717, 1.165) is 37.6 Å². The molecule has 0 aromatic heterocycles. The van der Waals surface area contributed by atoms with E-state index in [1.54, 1.807) is 0 Å².